The molecule has 7 heteroatoms. The van der Waals surface area contributed by atoms with Gasteiger partial charge in [0.2, 0.25) is 17.6 Å². The van der Waals surface area contributed by atoms with Gasteiger partial charge in [-0.15, -0.1) is 0 Å². The van der Waals surface area contributed by atoms with E-state index in [0.29, 0.717) is 37.1 Å². The van der Waals surface area contributed by atoms with E-state index in [-0.39, 0.29) is 5.91 Å². The molecule has 1 aliphatic heterocycles. The van der Waals surface area contributed by atoms with Crippen molar-refractivity contribution in [3.05, 3.63) is 22.7 Å². The summed E-state index contributed by atoms with van der Waals surface area (Å²) in [4.78, 5) is 18.7. The van der Waals surface area contributed by atoms with Crippen molar-refractivity contribution < 1.29 is 9.32 Å². The van der Waals surface area contributed by atoms with Gasteiger partial charge in [-0.05, 0) is 44.3 Å². The second kappa shape index (κ2) is 7.70. The fraction of sp³-hybridized carbons (Fsp3) is 0.562. The quantitative estimate of drug-likeness (QED) is 0.841. The second-order valence-corrected chi connectivity index (χ2v) is 6.70. The van der Waals surface area contributed by atoms with Gasteiger partial charge in [0, 0.05) is 36.4 Å². The number of nitrogens with one attached hydrogen (secondary N) is 1. The molecule has 2 aromatic rings. The molecule has 1 N–H and O–H groups in total. The van der Waals surface area contributed by atoms with E-state index in [0.717, 1.165) is 18.7 Å². The van der Waals surface area contributed by atoms with Crippen LogP contribution < -0.4 is 5.32 Å². The first-order valence-electron chi connectivity index (χ1n) is 8.08. The zero-order chi connectivity index (χ0) is 16.1. The second-order valence-electron chi connectivity index (χ2n) is 5.92. The summed E-state index contributed by atoms with van der Waals surface area (Å²) in [5, 5.41) is 10.9. The van der Waals surface area contributed by atoms with E-state index >= 15 is 0 Å². The van der Waals surface area contributed by atoms with Crippen LogP contribution in [0.25, 0.3) is 11.4 Å². The highest BCUT2D eigenvalue weighted by atomic mass is 32.1. The molecule has 2 aromatic heterocycles. The Hall–Kier alpha value is -1.73. The molecule has 1 saturated heterocycles. The highest BCUT2D eigenvalue weighted by Gasteiger charge is 2.18. The average molecular weight is 334 g/mol. The highest BCUT2D eigenvalue weighted by Crippen LogP contribution is 2.19. The van der Waals surface area contributed by atoms with Crippen molar-refractivity contribution in [2.24, 2.45) is 0 Å². The average Bonchev–Trinajstić information content (AvgIpc) is 3.32. The van der Waals surface area contributed by atoms with Crippen LogP contribution in [-0.2, 0) is 11.2 Å². The molecule has 23 heavy (non-hydrogen) atoms. The molecule has 1 unspecified atom stereocenters. The molecule has 124 valence electrons. The summed E-state index contributed by atoms with van der Waals surface area (Å²) in [7, 11) is 0. The standard InChI is InChI=1S/C16H22N4O2S/c1-12(20-7-2-3-8-20)10-17-14(21)4-5-15-18-16(19-22-15)13-6-9-23-11-13/h6,9,11-12H,2-5,7-8,10H2,1H3,(H,17,21). The zero-order valence-electron chi connectivity index (χ0n) is 13.3. The van der Waals surface area contributed by atoms with Gasteiger partial charge < -0.3 is 9.84 Å². The molecule has 0 aromatic carbocycles. The van der Waals surface area contributed by atoms with Gasteiger partial charge in [-0.2, -0.15) is 16.3 Å². The molecule has 1 atom stereocenters. The number of rotatable bonds is 7. The van der Waals surface area contributed by atoms with Crippen LogP contribution >= 0.6 is 11.3 Å². The summed E-state index contributed by atoms with van der Waals surface area (Å²) in [6, 6.07) is 2.35. The monoisotopic (exact) mass is 334 g/mol. The predicted octanol–water partition coefficient (Wildman–Crippen LogP) is 2.33. The molecule has 3 heterocycles. The first-order valence-corrected chi connectivity index (χ1v) is 9.02. The maximum absolute atomic E-state index is 12.0. The van der Waals surface area contributed by atoms with Crippen molar-refractivity contribution in [2.75, 3.05) is 19.6 Å². The lowest BCUT2D eigenvalue weighted by atomic mass is 10.2. The van der Waals surface area contributed by atoms with Crippen LogP contribution in [0, 0.1) is 0 Å². The van der Waals surface area contributed by atoms with Crippen molar-refractivity contribution in [2.45, 2.75) is 38.6 Å². The SMILES string of the molecule is CC(CNC(=O)CCc1nc(-c2ccsc2)no1)N1CCCC1. The molecule has 0 saturated carbocycles. The first-order chi connectivity index (χ1) is 11.2. The number of carbonyl (C=O) groups is 1. The lowest BCUT2D eigenvalue weighted by Crippen LogP contribution is -2.40. The Labute approximate surface area is 139 Å². The first kappa shape index (κ1) is 16.1. The molecule has 0 bridgehead atoms. The maximum atomic E-state index is 12.0. The number of aromatic nitrogens is 2. The minimum absolute atomic E-state index is 0.0336. The fourth-order valence-corrected chi connectivity index (χ4v) is 3.38. The lowest BCUT2D eigenvalue weighted by Gasteiger charge is -2.23. The van der Waals surface area contributed by atoms with Crippen LogP contribution in [0.15, 0.2) is 21.3 Å². The Balaban J connectivity index is 1.40. The summed E-state index contributed by atoms with van der Waals surface area (Å²) in [5.41, 5.74) is 0.953. The Morgan fingerprint density at radius 2 is 2.30 bits per heavy atom. The van der Waals surface area contributed by atoms with Crippen molar-refractivity contribution in [1.29, 1.82) is 0 Å². The number of carbonyl (C=O) groups excluding carboxylic acids is 1. The normalized spacial score (nSPS) is 16.6. The smallest absolute Gasteiger partial charge is 0.227 e. The van der Waals surface area contributed by atoms with Gasteiger partial charge in [-0.1, -0.05) is 5.16 Å². The van der Waals surface area contributed by atoms with Crippen molar-refractivity contribution >= 4 is 17.2 Å². The van der Waals surface area contributed by atoms with E-state index in [9.17, 15) is 4.79 Å². The van der Waals surface area contributed by atoms with E-state index in [1.165, 1.54) is 12.8 Å². The van der Waals surface area contributed by atoms with Crippen molar-refractivity contribution in [1.82, 2.24) is 20.4 Å². The molecular formula is C16H22N4O2S. The van der Waals surface area contributed by atoms with Crippen LogP contribution in [0.3, 0.4) is 0 Å². The molecule has 0 aliphatic carbocycles. The van der Waals surface area contributed by atoms with Gasteiger partial charge in [-0.25, -0.2) is 0 Å². The molecule has 1 amide bonds. The molecule has 3 rings (SSSR count). The van der Waals surface area contributed by atoms with Gasteiger partial charge in [-0.3, -0.25) is 9.69 Å². The van der Waals surface area contributed by atoms with Gasteiger partial charge >= 0.3 is 0 Å². The number of amides is 1. The van der Waals surface area contributed by atoms with Gasteiger partial charge in [0.15, 0.2) is 0 Å². The Morgan fingerprint density at radius 3 is 3.04 bits per heavy atom. The van der Waals surface area contributed by atoms with E-state index in [1.807, 2.05) is 16.8 Å². The van der Waals surface area contributed by atoms with E-state index < -0.39 is 0 Å². The number of hydrogen-bond acceptors (Lipinski definition) is 6. The Bertz CT molecular complexity index is 620. The molecule has 0 spiro atoms. The van der Waals surface area contributed by atoms with Crippen LogP contribution in [-0.4, -0.2) is 46.6 Å². The number of hydrogen-bond donors (Lipinski definition) is 1. The number of nitrogens with zero attached hydrogens (tertiary/aromatic N) is 3. The topological polar surface area (TPSA) is 71.3 Å². The van der Waals surface area contributed by atoms with E-state index in [2.05, 4.69) is 27.3 Å². The van der Waals surface area contributed by atoms with Gasteiger partial charge in [0.1, 0.15) is 0 Å². The minimum Gasteiger partial charge on any atom is -0.355 e. The Kier molecular flexibility index (Phi) is 5.40. The number of likely N-dealkylation sites (tertiary alicyclic amines) is 1. The number of thiophene rings is 1. The highest BCUT2D eigenvalue weighted by molar-refractivity contribution is 7.08. The Morgan fingerprint density at radius 1 is 1.48 bits per heavy atom. The number of aryl methyl sites for hydroxylation is 1. The summed E-state index contributed by atoms with van der Waals surface area (Å²) < 4.78 is 5.20. The third-order valence-electron chi connectivity index (χ3n) is 4.17. The van der Waals surface area contributed by atoms with Crippen LogP contribution in [0.4, 0.5) is 0 Å². The molecule has 1 fully saturated rings. The summed E-state index contributed by atoms with van der Waals surface area (Å²) in [6.07, 6.45) is 3.38. The third-order valence-corrected chi connectivity index (χ3v) is 4.86. The predicted molar refractivity (Wildman–Crippen MR) is 89.2 cm³/mol. The maximum Gasteiger partial charge on any atom is 0.227 e. The minimum atomic E-state index is 0.0336. The molecule has 6 nitrogen and oxygen atoms in total. The van der Waals surface area contributed by atoms with Crippen molar-refractivity contribution in [3.63, 3.8) is 0 Å². The van der Waals surface area contributed by atoms with Crippen LogP contribution in [0.2, 0.25) is 0 Å². The largest absolute Gasteiger partial charge is 0.355 e. The summed E-state index contributed by atoms with van der Waals surface area (Å²) in [6.45, 7) is 5.15. The molecular weight excluding hydrogens is 312 g/mol. The van der Waals surface area contributed by atoms with Crippen LogP contribution in [0.5, 0.6) is 0 Å². The summed E-state index contributed by atoms with van der Waals surface area (Å²) >= 11 is 1.59. The molecule has 0 radical (unpaired) electrons. The van der Waals surface area contributed by atoms with Crippen molar-refractivity contribution in [3.8, 4) is 11.4 Å². The van der Waals surface area contributed by atoms with E-state index in [4.69, 9.17) is 4.52 Å². The van der Waals surface area contributed by atoms with E-state index in [1.54, 1.807) is 11.3 Å². The zero-order valence-corrected chi connectivity index (χ0v) is 14.1. The lowest BCUT2D eigenvalue weighted by molar-refractivity contribution is -0.121. The van der Waals surface area contributed by atoms with Crippen LogP contribution in [0.1, 0.15) is 32.1 Å². The third kappa shape index (κ3) is 4.39. The molecule has 1 aliphatic rings. The fourth-order valence-electron chi connectivity index (χ4n) is 2.75. The van der Waals surface area contributed by atoms with Gasteiger partial charge in [0.25, 0.3) is 0 Å². The van der Waals surface area contributed by atoms with Gasteiger partial charge in [0.05, 0.1) is 0 Å². The summed E-state index contributed by atoms with van der Waals surface area (Å²) in [5.74, 6) is 1.13.